The summed E-state index contributed by atoms with van der Waals surface area (Å²) < 4.78 is 38.3. The minimum Gasteiger partial charge on any atom is -0.324 e. The lowest BCUT2D eigenvalue weighted by molar-refractivity contribution is -0.385. The molecule has 0 radical (unpaired) electrons. The number of nitrogens with two attached hydrogens (primary N) is 1. The molecule has 17 heavy (non-hydrogen) atoms. The van der Waals surface area contributed by atoms with Gasteiger partial charge in [0.25, 0.3) is 12.1 Å². The zero-order chi connectivity index (χ0) is 12.5. The SMILES string of the molecule is CC(N)c1cc([N+](=O)[O-])cc(C(F)F)c1F.Cl. The molecular formula is C9H10ClF3N2O2. The van der Waals surface area contributed by atoms with Crippen LogP contribution in [0.25, 0.3) is 0 Å². The Morgan fingerprint density at radius 2 is 1.82 bits per heavy atom. The standard InChI is InChI=1S/C9H9F3N2O2.ClH/c1-4(13)6-2-5(14(15)16)3-7(8(6)10)9(11)12;/h2-4,9H,13H2,1H3;1H. The van der Waals surface area contributed by atoms with E-state index in [1.165, 1.54) is 6.92 Å². The molecule has 2 N–H and O–H groups in total. The molecule has 0 aliphatic carbocycles. The average Bonchev–Trinajstić information content (AvgIpc) is 2.16. The van der Waals surface area contributed by atoms with E-state index in [0.717, 1.165) is 6.07 Å². The smallest absolute Gasteiger partial charge is 0.270 e. The molecule has 1 rings (SSSR count). The van der Waals surface area contributed by atoms with Gasteiger partial charge in [-0.05, 0) is 6.92 Å². The van der Waals surface area contributed by atoms with Crippen molar-refractivity contribution in [2.45, 2.75) is 19.4 Å². The number of nitro benzene ring substituents is 1. The summed E-state index contributed by atoms with van der Waals surface area (Å²) in [6.07, 6.45) is -3.11. The molecule has 0 bridgehead atoms. The molecule has 96 valence electrons. The van der Waals surface area contributed by atoms with Crippen LogP contribution in [0.4, 0.5) is 18.9 Å². The second-order valence-electron chi connectivity index (χ2n) is 3.28. The Morgan fingerprint density at radius 3 is 2.18 bits per heavy atom. The van der Waals surface area contributed by atoms with Crippen molar-refractivity contribution in [3.63, 3.8) is 0 Å². The Hall–Kier alpha value is -1.34. The maximum absolute atomic E-state index is 13.4. The minimum atomic E-state index is -3.11. The Balaban J connectivity index is 0.00000256. The molecular weight excluding hydrogens is 261 g/mol. The Labute approximate surface area is 101 Å². The molecule has 4 nitrogen and oxygen atoms in total. The van der Waals surface area contributed by atoms with Crippen molar-refractivity contribution >= 4 is 18.1 Å². The molecule has 1 unspecified atom stereocenters. The summed E-state index contributed by atoms with van der Waals surface area (Å²) >= 11 is 0. The van der Waals surface area contributed by atoms with Gasteiger partial charge in [0.1, 0.15) is 5.82 Å². The molecule has 0 aliphatic rings. The van der Waals surface area contributed by atoms with Crippen molar-refractivity contribution in [2.75, 3.05) is 0 Å². The first-order chi connectivity index (χ1) is 7.34. The predicted octanol–water partition coefficient (Wildman–Crippen LogP) is 3.11. The third-order valence-electron chi connectivity index (χ3n) is 2.05. The largest absolute Gasteiger partial charge is 0.324 e. The maximum Gasteiger partial charge on any atom is 0.270 e. The van der Waals surface area contributed by atoms with Crippen LogP contribution in [0.1, 0.15) is 30.5 Å². The molecule has 0 heterocycles. The third kappa shape index (κ3) is 3.31. The number of hydrogen-bond donors (Lipinski definition) is 1. The van der Waals surface area contributed by atoms with Crippen LogP contribution in [0, 0.1) is 15.9 Å². The molecule has 0 amide bonds. The zero-order valence-electron chi connectivity index (χ0n) is 8.69. The fraction of sp³-hybridized carbons (Fsp3) is 0.333. The fourth-order valence-electron chi connectivity index (χ4n) is 1.25. The summed E-state index contributed by atoms with van der Waals surface area (Å²) in [6, 6.07) is 0.495. The number of hydrogen-bond acceptors (Lipinski definition) is 3. The van der Waals surface area contributed by atoms with Crippen molar-refractivity contribution in [2.24, 2.45) is 5.73 Å². The predicted molar refractivity (Wildman–Crippen MR) is 57.9 cm³/mol. The van der Waals surface area contributed by atoms with Crippen LogP contribution in [0.15, 0.2) is 12.1 Å². The van der Waals surface area contributed by atoms with E-state index in [9.17, 15) is 23.3 Å². The van der Waals surface area contributed by atoms with Crippen LogP contribution >= 0.6 is 12.4 Å². The van der Waals surface area contributed by atoms with Gasteiger partial charge in [-0.25, -0.2) is 13.2 Å². The average molecular weight is 271 g/mol. The van der Waals surface area contributed by atoms with Gasteiger partial charge >= 0.3 is 0 Å². The van der Waals surface area contributed by atoms with Crippen LogP contribution < -0.4 is 5.73 Å². The van der Waals surface area contributed by atoms with E-state index in [-0.39, 0.29) is 18.0 Å². The van der Waals surface area contributed by atoms with E-state index in [1.54, 1.807) is 0 Å². The molecule has 1 aromatic carbocycles. The zero-order valence-corrected chi connectivity index (χ0v) is 9.51. The van der Waals surface area contributed by atoms with Gasteiger partial charge in [-0.1, -0.05) is 0 Å². The van der Waals surface area contributed by atoms with Gasteiger partial charge in [-0.15, -0.1) is 12.4 Å². The lowest BCUT2D eigenvalue weighted by Crippen LogP contribution is -2.10. The summed E-state index contributed by atoms with van der Waals surface area (Å²) in [4.78, 5) is 9.60. The second kappa shape index (κ2) is 5.83. The fourth-order valence-corrected chi connectivity index (χ4v) is 1.25. The summed E-state index contributed by atoms with van der Waals surface area (Å²) in [5.74, 6) is -1.18. The topological polar surface area (TPSA) is 69.2 Å². The third-order valence-corrected chi connectivity index (χ3v) is 2.05. The highest BCUT2D eigenvalue weighted by Crippen LogP contribution is 2.31. The Morgan fingerprint density at radius 1 is 1.35 bits per heavy atom. The molecule has 0 saturated heterocycles. The van der Waals surface area contributed by atoms with Crippen molar-refractivity contribution in [1.29, 1.82) is 0 Å². The van der Waals surface area contributed by atoms with Crippen LogP contribution in [-0.4, -0.2) is 4.92 Å². The highest BCUT2D eigenvalue weighted by molar-refractivity contribution is 5.85. The lowest BCUT2D eigenvalue weighted by atomic mass is 10.0. The van der Waals surface area contributed by atoms with E-state index < -0.39 is 34.5 Å². The molecule has 0 fully saturated rings. The van der Waals surface area contributed by atoms with Crippen LogP contribution in [0.3, 0.4) is 0 Å². The maximum atomic E-state index is 13.4. The molecule has 0 spiro atoms. The van der Waals surface area contributed by atoms with Crippen molar-refractivity contribution in [3.05, 3.63) is 39.2 Å². The first-order valence-corrected chi connectivity index (χ1v) is 4.36. The van der Waals surface area contributed by atoms with E-state index in [2.05, 4.69) is 0 Å². The molecule has 0 aliphatic heterocycles. The van der Waals surface area contributed by atoms with E-state index in [4.69, 9.17) is 5.73 Å². The molecule has 1 aromatic rings. The summed E-state index contributed by atoms with van der Waals surface area (Å²) in [7, 11) is 0. The number of nitro groups is 1. The van der Waals surface area contributed by atoms with Gasteiger partial charge in [-0.2, -0.15) is 0 Å². The molecule has 1 atom stereocenters. The van der Waals surface area contributed by atoms with Gasteiger partial charge in [0.2, 0.25) is 0 Å². The monoisotopic (exact) mass is 270 g/mol. The quantitative estimate of drug-likeness (QED) is 0.678. The van der Waals surface area contributed by atoms with Gasteiger partial charge in [-0.3, -0.25) is 10.1 Å². The number of alkyl halides is 2. The number of benzene rings is 1. The van der Waals surface area contributed by atoms with Gasteiger partial charge in [0.15, 0.2) is 0 Å². The minimum absolute atomic E-state index is 0. The number of rotatable bonds is 3. The molecule has 0 aromatic heterocycles. The second-order valence-corrected chi connectivity index (χ2v) is 3.28. The van der Waals surface area contributed by atoms with E-state index >= 15 is 0 Å². The van der Waals surface area contributed by atoms with E-state index in [0.29, 0.717) is 6.07 Å². The van der Waals surface area contributed by atoms with E-state index in [1.807, 2.05) is 0 Å². The summed E-state index contributed by atoms with van der Waals surface area (Å²) in [5, 5.41) is 10.5. The Kier molecular flexibility index (Phi) is 5.37. The van der Waals surface area contributed by atoms with Crippen molar-refractivity contribution in [1.82, 2.24) is 0 Å². The van der Waals surface area contributed by atoms with Crippen LogP contribution in [-0.2, 0) is 0 Å². The van der Waals surface area contributed by atoms with Crippen LogP contribution in [0.5, 0.6) is 0 Å². The van der Waals surface area contributed by atoms with Gasteiger partial charge in [0.05, 0.1) is 10.5 Å². The number of non-ortho nitro benzene ring substituents is 1. The molecule has 8 heteroatoms. The summed E-state index contributed by atoms with van der Waals surface area (Å²) in [6.45, 7) is 1.36. The Bertz CT molecular complexity index is 398. The van der Waals surface area contributed by atoms with Gasteiger partial charge < -0.3 is 5.73 Å². The normalized spacial score (nSPS) is 12.1. The summed E-state index contributed by atoms with van der Waals surface area (Å²) in [5.41, 5.74) is 3.47. The van der Waals surface area contributed by atoms with Crippen LogP contribution in [0.2, 0.25) is 0 Å². The first-order valence-electron chi connectivity index (χ1n) is 4.36. The first kappa shape index (κ1) is 15.7. The number of nitrogens with zero attached hydrogens (tertiary/aromatic N) is 1. The number of halogens is 4. The highest BCUT2D eigenvalue weighted by Gasteiger charge is 2.23. The molecule has 0 saturated carbocycles. The lowest BCUT2D eigenvalue weighted by Gasteiger charge is -2.10. The van der Waals surface area contributed by atoms with Crippen molar-refractivity contribution < 1.29 is 18.1 Å². The van der Waals surface area contributed by atoms with Gasteiger partial charge in [0, 0.05) is 23.7 Å². The van der Waals surface area contributed by atoms with Crippen molar-refractivity contribution in [3.8, 4) is 0 Å². The highest BCUT2D eigenvalue weighted by atomic mass is 35.5.